The average molecular weight is 310 g/mol. The zero-order valence-corrected chi connectivity index (χ0v) is 13.8. The lowest BCUT2D eigenvalue weighted by Crippen LogP contribution is -2.38. The van der Waals surface area contributed by atoms with E-state index in [1.54, 1.807) is 6.20 Å². The third-order valence-corrected chi connectivity index (χ3v) is 3.84. The summed E-state index contributed by atoms with van der Waals surface area (Å²) in [4.78, 5) is 19.1. The van der Waals surface area contributed by atoms with Gasteiger partial charge in [0.1, 0.15) is 0 Å². The van der Waals surface area contributed by atoms with Crippen molar-refractivity contribution in [3.8, 4) is 0 Å². The van der Waals surface area contributed by atoms with Crippen molar-refractivity contribution in [3.63, 3.8) is 0 Å². The number of aromatic nitrogens is 1. The number of amides is 1. The Bertz CT molecular complexity index is 692. The number of fused-ring (bicyclic) bond motifs is 1. The predicted molar refractivity (Wildman–Crippen MR) is 90.3 cm³/mol. The Labute approximate surface area is 137 Å². The smallest absolute Gasteiger partial charge is 0.260 e. The summed E-state index contributed by atoms with van der Waals surface area (Å²) in [6.07, 6.45) is 3.80. The normalized spacial score (nSPS) is 15.3. The Hall–Kier alpha value is -2.20. The summed E-state index contributed by atoms with van der Waals surface area (Å²) in [5.41, 5.74) is 2.54. The predicted octanol–water partition coefficient (Wildman–Crippen LogP) is 3.53. The number of anilines is 1. The SMILES string of the molecule is CC(C)(C)OC(C(=O)N1CCc2cnccc21)c1ccccc1. The number of hydrogen-bond donors (Lipinski definition) is 0. The highest BCUT2D eigenvalue weighted by atomic mass is 16.5. The van der Waals surface area contributed by atoms with Crippen molar-refractivity contribution in [1.29, 1.82) is 0 Å². The van der Waals surface area contributed by atoms with Gasteiger partial charge in [-0.05, 0) is 44.4 Å². The molecule has 0 saturated heterocycles. The lowest BCUT2D eigenvalue weighted by Gasteiger charge is -2.30. The molecule has 0 N–H and O–H groups in total. The van der Waals surface area contributed by atoms with Crippen LogP contribution in [0.5, 0.6) is 0 Å². The van der Waals surface area contributed by atoms with Crippen molar-refractivity contribution in [1.82, 2.24) is 4.98 Å². The van der Waals surface area contributed by atoms with Crippen molar-refractivity contribution in [3.05, 3.63) is 59.9 Å². The van der Waals surface area contributed by atoms with Crippen LogP contribution in [-0.4, -0.2) is 23.0 Å². The molecule has 4 nitrogen and oxygen atoms in total. The van der Waals surface area contributed by atoms with E-state index >= 15 is 0 Å². The number of ether oxygens (including phenoxy) is 1. The van der Waals surface area contributed by atoms with Gasteiger partial charge in [0.2, 0.25) is 0 Å². The van der Waals surface area contributed by atoms with Crippen LogP contribution in [0.15, 0.2) is 48.8 Å². The van der Waals surface area contributed by atoms with Crippen LogP contribution < -0.4 is 4.90 Å². The van der Waals surface area contributed by atoms with Crippen molar-refractivity contribution in [2.75, 3.05) is 11.4 Å². The molecule has 1 aromatic heterocycles. The minimum atomic E-state index is -0.602. The van der Waals surface area contributed by atoms with Gasteiger partial charge in [-0.25, -0.2) is 0 Å². The second kappa shape index (κ2) is 6.13. The van der Waals surface area contributed by atoms with Gasteiger partial charge in [0.05, 0.1) is 11.3 Å². The fourth-order valence-corrected chi connectivity index (χ4v) is 2.84. The minimum Gasteiger partial charge on any atom is -0.358 e. The summed E-state index contributed by atoms with van der Waals surface area (Å²) in [6.45, 7) is 6.59. The summed E-state index contributed by atoms with van der Waals surface area (Å²) in [5, 5.41) is 0. The molecule has 3 rings (SSSR count). The molecule has 0 bridgehead atoms. The second-order valence-corrected chi connectivity index (χ2v) is 6.77. The molecule has 1 atom stereocenters. The minimum absolute atomic E-state index is 0.0175. The number of pyridine rings is 1. The largest absolute Gasteiger partial charge is 0.358 e. The van der Waals surface area contributed by atoms with Crippen molar-refractivity contribution >= 4 is 11.6 Å². The molecule has 0 saturated carbocycles. The average Bonchev–Trinajstić information content (AvgIpc) is 2.96. The Morgan fingerprint density at radius 1 is 1.22 bits per heavy atom. The van der Waals surface area contributed by atoms with Crippen molar-refractivity contribution < 1.29 is 9.53 Å². The lowest BCUT2D eigenvalue weighted by atomic mass is 10.1. The fourth-order valence-electron chi connectivity index (χ4n) is 2.84. The first-order chi connectivity index (χ1) is 11.0. The third-order valence-electron chi connectivity index (χ3n) is 3.84. The molecule has 0 fully saturated rings. The van der Waals surface area contributed by atoms with E-state index in [1.165, 1.54) is 0 Å². The Morgan fingerprint density at radius 3 is 2.65 bits per heavy atom. The molecule has 0 aliphatic carbocycles. The van der Waals surface area contributed by atoms with Gasteiger partial charge in [-0.15, -0.1) is 0 Å². The monoisotopic (exact) mass is 310 g/mol. The van der Waals surface area contributed by atoms with E-state index in [2.05, 4.69) is 4.98 Å². The number of benzene rings is 1. The van der Waals surface area contributed by atoms with E-state index in [0.717, 1.165) is 23.2 Å². The quantitative estimate of drug-likeness (QED) is 0.871. The van der Waals surface area contributed by atoms with E-state index in [4.69, 9.17) is 4.74 Å². The third kappa shape index (κ3) is 3.42. The summed E-state index contributed by atoms with van der Waals surface area (Å²) >= 11 is 0. The maximum atomic E-state index is 13.2. The Balaban J connectivity index is 1.93. The first-order valence-electron chi connectivity index (χ1n) is 7.93. The van der Waals surface area contributed by atoms with Gasteiger partial charge < -0.3 is 9.64 Å². The highest BCUT2D eigenvalue weighted by Crippen LogP contribution is 2.32. The van der Waals surface area contributed by atoms with Crippen LogP contribution in [0.1, 0.15) is 38.0 Å². The molecule has 120 valence electrons. The van der Waals surface area contributed by atoms with Gasteiger partial charge in [0, 0.05) is 18.9 Å². The highest BCUT2D eigenvalue weighted by Gasteiger charge is 2.34. The highest BCUT2D eigenvalue weighted by molar-refractivity contribution is 5.98. The Morgan fingerprint density at radius 2 is 1.96 bits per heavy atom. The van der Waals surface area contributed by atoms with Crippen LogP contribution in [0.4, 0.5) is 5.69 Å². The van der Waals surface area contributed by atoms with Crippen molar-refractivity contribution in [2.24, 2.45) is 0 Å². The molecule has 1 aliphatic heterocycles. The first-order valence-corrected chi connectivity index (χ1v) is 7.93. The van der Waals surface area contributed by atoms with Gasteiger partial charge in [-0.1, -0.05) is 30.3 Å². The summed E-state index contributed by atoms with van der Waals surface area (Å²) in [5.74, 6) is -0.0175. The van der Waals surface area contributed by atoms with E-state index in [1.807, 2.05) is 68.3 Å². The van der Waals surface area contributed by atoms with Crippen LogP contribution in [0.2, 0.25) is 0 Å². The maximum Gasteiger partial charge on any atom is 0.260 e. The van der Waals surface area contributed by atoms with E-state index < -0.39 is 11.7 Å². The maximum absolute atomic E-state index is 13.2. The molecule has 1 amide bonds. The molecular weight excluding hydrogens is 288 g/mol. The molecule has 2 heterocycles. The summed E-state index contributed by atoms with van der Waals surface area (Å²) < 4.78 is 6.11. The number of nitrogens with zero attached hydrogens (tertiary/aromatic N) is 2. The van der Waals surface area contributed by atoms with Gasteiger partial charge in [-0.2, -0.15) is 0 Å². The van der Waals surface area contributed by atoms with E-state index in [9.17, 15) is 4.79 Å². The second-order valence-electron chi connectivity index (χ2n) is 6.77. The van der Waals surface area contributed by atoms with Crippen molar-refractivity contribution in [2.45, 2.75) is 38.9 Å². The van der Waals surface area contributed by atoms with Gasteiger partial charge in [-0.3, -0.25) is 9.78 Å². The number of carbonyl (C=O) groups excluding carboxylic acids is 1. The summed E-state index contributed by atoms with van der Waals surface area (Å²) in [7, 11) is 0. The number of hydrogen-bond acceptors (Lipinski definition) is 3. The van der Waals surface area contributed by atoms with Crippen LogP contribution in [0, 0.1) is 0 Å². The molecule has 2 aromatic rings. The lowest BCUT2D eigenvalue weighted by molar-refractivity contribution is -0.140. The van der Waals surface area contributed by atoms with E-state index in [-0.39, 0.29) is 5.91 Å². The van der Waals surface area contributed by atoms with Crippen LogP contribution in [0.25, 0.3) is 0 Å². The molecule has 1 unspecified atom stereocenters. The molecule has 23 heavy (non-hydrogen) atoms. The number of carbonyl (C=O) groups is 1. The molecule has 0 radical (unpaired) electrons. The first kappa shape index (κ1) is 15.7. The van der Waals surface area contributed by atoms with Gasteiger partial charge in [0.15, 0.2) is 6.10 Å². The summed E-state index contributed by atoms with van der Waals surface area (Å²) in [6, 6.07) is 11.6. The topological polar surface area (TPSA) is 42.4 Å². The molecule has 0 spiro atoms. The van der Waals surface area contributed by atoms with E-state index in [0.29, 0.717) is 6.54 Å². The fraction of sp³-hybridized carbons (Fsp3) is 0.368. The number of rotatable bonds is 3. The zero-order valence-electron chi connectivity index (χ0n) is 13.8. The molecule has 4 heteroatoms. The zero-order chi connectivity index (χ0) is 16.4. The van der Waals surface area contributed by atoms with Crippen LogP contribution >= 0.6 is 0 Å². The standard InChI is InChI=1S/C19H22N2O2/c1-19(2,3)23-17(14-7-5-4-6-8-14)18(22)21-12-10-15-13-20-11-9-16(15)21/h4-9,11,13,17H,10,12H2,1-3H3. The molecule has 1 aliphatic rings. The molecular formula is C19H22N2O2. The van der Waals surface area contributed by atoms with Gasteiger partial charge in [0.25, 0.3) is 5.91 Å². The molecule has 1 aromatic carbocycles. The van der Waals surface area contributed by atoms with Crippen LogP contribution in [-0.2, 0) is 16.0 Å². The van der Waals surface area contributed by atoms with Gasteiger partial charge >= 0.3 is 0 Å². The Kier molecular flexibility index (Phi) is 4.18. The van der Waals surface area contributed by atoms with Crippen LogP contribution in [0.3, 0.4) is 0 Å².